The Hall–Kier alpha value is 0.0300. The number of rotatable bonds is 5. The molecule has 0 saturated carbocycles. The Kier molecular flexibility index (Phi) is 5.37. The molecule has 0 saturated heterocycles. The molecule has 90 valence electrons. The lowest BCUT2D eigenvalue weighted by Gasteiger charge is -2.21. The van der Waals surface area contributed by atoms with Crippen LogP contribution in [0.2, 0.25) is 0 Å². The van der Waals surface area contributed by atoms with Crippen LogP contribution in [-0.2, 0) is 6.54 Å². The van der Waals surface area contributed by atoms with Crippen molar-refractivity contribution in [3.63, 3.8) is 0 Å². The number of nitrogens with zero attached hydrogens (tertiary/aromatic N) is 1. The van der Waals surface area contributed by atoms with Gasteiger partial charge in [0.15, 0.2) is 0 Å². The number of nitrogens with one attached hydrogen (secondary N) is 1. The average Bonchev–Trinajstić information content (AvgIpc) is 2.21. The van der Waals surface area contributed by atoms with E-state index in [0.717, 1.165) is 21.1 Å². The molecule has 16 heavy (non-hydrogen) atoms. The molecule has 0 radical (unpaired) electrons. The van der Waals surface area contributed by atoms with Gasteiger partial charge in [0.05, 0.1) is 11.3 Å². The normalized spacial score (nSPS) is 14.8. The number of aromatic nitrogens is 1. The van der Waals surface area contributed by atoms with E-state index in [1.165, 1.54) is 0 Å². The summed E-state index contributed by atoms with van der Waals surface area (Å²) in [6, 6.07) is 1.96. The van der Waals surface area contributed by atoms with Gasteiger partial charge in [0.2, 0.25) is 0 Å². The first-order valence-electron chi connectivity index (χ1n) is 5.17. The molecule has 1 rings (SSSR count). The quantitative estimate of drug-likeness (QED) is 0.857. The lowest BCUT2D eigenvalue weighted by Crippen LogP contribution is -2.36. The van der Waals surface area contributed by atoms with Crippen molar-refractivity contribution in [2.45, 2.75) is 32.4 Å². The summed E-state index contributed by atoms with van der Waals surface area (Å²) in [5.74, 6) is 0. The molecule has 0 aliphatic heterocycles. The molecule has 1 aromatic heterocycles. The number of pyridine rings is 1. The zero-order chi connectivity index (χ0) is 12.2. The summed E-state index contributed by atoms with van der Waals surface area (Å²) in [6.07, 6.45) is 2.49. The highest BCUT2D eigenvalue weighted by Gasteiger charge is 2.16. The van der Waals surface area contributed by atoms with Gasteiger partial charge in [0, 0.05) is 28.2 Å². The third-order valence-corrected chi connectivity index (χ3v) is 3.56. The second-order valence-electron chi connectivity index (χ2n) is 4.04. The van der Waals surface area contributed by atoms with Gasteiger partial charge in [0.25, 0.3) is 0 Å². The van der Waals surface area contributed by atoms with Crippen molar-refractivity contribution >= 4 is 31.9 Å². The molecule has 0 aliphatic rings. The molecule has 1 unspecified atom stereocenters. The van der Waals surface area contributed by atoms with Gasteiger partial charge in [0.1, 0.15) is 0 Å². The third kappa shape index (κ3) is 4.49. The first kappa shape index (κ1) is 14.1. The van der Waals surface area contributed by atoms with Gasteiger partial charge in [-0.2, -0.15) is 0 Å². The molecule has 0 bridgehead atoms. The molecule has 2 N–H and O–H groups in total. The zero-order valence-corrected chi connectivity index (χ0v) is 12.6. The molecule has 0 amide bonds. The van der Waals surface area contributed by atoms with E-state index in [-0.39, 0.29) is 0 Å². The molecule has 1 atom stereocenters. The van der Waals surface area contributed by atoms with Gasteiger partial charge in [-0.3, -0.25) is 4.98 Å². The Morgan fingerprint density at radius 2 is 2.19 bits per heavy atom. The van der Waals surface area contributed by atoms with Crippen molar-refractivity contribution < 1.29 is 5.11 Å². The number of halogens is 2. The van der Waals surface area contributed by atoms with Crippen molar-refractivity contribution in [2.75, 3.05) is 6.54 Å². The second kappa shape index (κ2) is 6.10. The van der Waals surface area contributed by atoms with Crippen molar-refractivity contribution in [3.8, 4) is 0 Å². The summed E-state index contributed by atoms with van der Waals surface area (Å²) < 4.78 is 1.91. The van der Waals surface area contributed by atoms with Crippen LogP contribution in [0.3, 0.4) is 0 Å². The fourth-order valence-electron chi connectivity index (χ4n) is 1.15. The van der Waals surface area contributed by atoms with E-state index < -0.39 is 5.60 Å². The molecular weight excluding hydrogens is 336 g/mol. The van der Waals surface area contributed by atoms with E-state index in [1.807, 2.05) is 19.9 Å². The van der Waals surface area contributed by atoms with E-state index >= 15 is 0 Å². The Labute approximate surface area is 113 Å². The van der Waals surface area contributed by atoms with Crippen LogP contribution in [0.4, 0.5) is 0 Å². The minimum atomic E-state index is -0.651. The standard InChI is InChI=1S/C11H16Br2N2O/c1-3-11(2,16)7-14-6-10-9(13)4-8(12)5-15-10/h4-5,14,16H,3,6-7H2,1-2H3. The first-order chi connectivity index (χ1) is 7.44. The third-order valence-electron chi connectivity index (χ3n) is 2.44. The molecule has 5 heteroatoms. The lowest BCUT2D eigenvalue weighted by molar-refractivity contribution is 0.0555. The number of hydrogen-bond donors (Lipinski definition) is 2. The minimum Gasteiger partial charge on any atom is -0.389 e. The maximum atomic E-state index is 9.81. The Bertz CT molecular complexity index is 356. The predicted molar refractivity (Wildman–Crippen MR) is 72.3 cm³/mol. The van der Waals surface area contributed by atoms with E-state index in [1.54, 1.807) is 6.20 Å². The van der Waals surface area contributed by atoms with Gasteiger partial charge in [-0.1, -0.05) is 6.92 Å². The van der Waals surface area contributed by atoms with Crippen molar-refractivity contribution in [1.29, 1.82) is 0 Å². The van der Waals surface area contributed by atoms with Gasteiger partial charge in [-0.05, 0) is 51.3 Å². The van der Waals surface area contributed by atoms with Gasteiger partial charge in [-0.15, -0.1) is 0 Å². The molecular formula is C11H16Br2N2O. The largest absolute Gasteiger partial charge is 0.389 e. The van der Waals surface area contributed by atoms with E-state index in [4.69, 9.17) is 0 Å². The highest BCUT2D eigenvalue weighted by Crippen LogP contribution is 2.19. The summed E-state index contributed by atoms with van der Waals surface area (Å²) >= 11 is 6.80. The smallest absolute Gasteiger partial charge is 0.0741 e. The second-order valence-corrected chi connectivity index (χ2v) is 5.81. The van der Waals surface area contributed by atoms with Crippen LogP contribution in [0.5, 0.6) is 0 Å². The van der Waals surface area contributed by atoms with Crippen LogP contribution in [-0.4, -0.2) is 22.2 Å². The summed E-state index contributed by atoms with van der Waals surface area (Å²) in [7, 11) is 0. The average molecular weight is 352 g/mol. The maximum Gasteiger partial charge on any atom is 0.0741 e. The monoisotopic (exact) mass is 350 g/mol. The molecule has 0 spiro atoms. The zero-order valence-electron chi connectivity index (χ0n) is 9.43. The van der Waals surface area contributed by atoms with Crippen LogP contribution < -0.4 is 5.32 Å². The Morgan fingerprint density at radius 1 is 1.50 bits per heavy atom. The summed E-state index contributed by atoms with van der Waals surface area (Å²) in [5.41, 5.74) is 0.289. The minimum absolute atomic E-state index is 0.563. The topological polar surface area (TPSA) is 45.1 Å². The lowest BCUT2D eigenvalue weighted by atomic mass is 10.0. The molecule has 3 nitrogen and oxygen atoms in total. The van der Waals surface area contributed by atoms with E-state index in [2.05, 4.69) is 42.2 Å². The summed E-state index contributed by atoms with van der Waals surface area (Å²) in [6.45, 7) is 5.00. The molecule has 1 aromatic rings. The highest BCUT2D eigenvalue weighted by molar-refractivity contribution is 9.11. The van der Waals surface area contributed by atoms with Gasteiger partial charge < -0.3 is 10.4 Å². The van der Waals surface area contributed by atoms with Crippen molar-refractivity contribution in [1.82, 2.24) is 10.3 Å². The highest BCUT2D eigenvalue weighted by atomic mass is 79.9. The molecule has 0 aromatic carbocycles. The van der Waals surface area contributed by atoms with Crippen LogP contribution in [0.1, 0.15) is 26.0 Å². The molecule has 1 heterocycles. The molecule has 0 aliphatic carbocycles. The number of hydrogen-bond acceptors (Lipinski definition) is 3. The Balaban J connectivity index is 2.49. The predicted octanol–water partition coefficient (Wildman–Crippen LogP) is 2.86. The number of aliphatic hydroxyl groups is 1. The van der Waals surface area contributed by atoms with Crippen LogP contribution >= 0.6 is 31.9 Å². The maximum absolute atomic E-state index is 9.81. The van der Waals surface area contributed by atoms with Gasteiger partial charge in [-0.25, -0.2) is 0 Å². The van der Waals surface area contributed by atoms with Crippen LogP contribution in [0.15, 0.2) is 21.2 Å². The summed E-state index contributed by atoms with van der Waals surface area (Å²) in [4.78, 5) is 4.29. The van der Waals surface area contributed by atoms with Crippen LogP contribution in [0.25, 0.3) is 0 Å². The van der Waals surface area contributed by atoms with Crippen molar-refractivity contribution in [3.05, 3.63) is 26.9 Å². The SMILES string of the molecule is CCC(C)(O)CNCc1ncc(Br)cc1Br. The molecule has 0 fully saturated rings. The fraction of sp³-hybridized carbons (Fsp3) is 0.545. The van der Waals surface area contributed by atoms with Gasteiger partial charge >= 0.3 is 0 Å². The van der Waals surface area contributed by atoms with Crippen LogP contribution in [0, 0.1) is 0 Å². The van der Waals surface area contributed by atoms with E-state index in [9.17, 15) is 5.11 Å². The summed E-state index contributed by atoms with van der Waals surface area (Å²) in [5, 5.41) is 13.0. The first-order valence-corrected chi connectivity index (χ1v) is 6.76. The Morgan fingerprint density at radius 3 is 2.75 bits per heavy atom. The fourth-order valence-corrected chi connectivity index (χ4v) is 2.28. The van der Waals surface area contributed by atoms with E-state index in [0.29, 0.717) is 13.1 Å². The van der Waals surface area contributed by atoms with Crippen molar-refractivity contribution in [2.24, 2.45) is 0 Å².